The SMILES string of the molecule is CCC1CCNC(C(O)c2ccc(Cl)cc2C)C1. The molecule has 2 rings (SSSR count). The number of aliphatic hydroxyl groups excluding tert-OH is 1. The summed E-state index contributed by atoms with van der Waals surface area (Å²) in [5.74, 6) is 0.735. The average molecular weight is 268 g/mol. The van der Waals surface area contributed by atoms with Crippen molar-refractivity contribution >= 4 is 11.6 Å². The topological polar surface area (TPSA) is 32.3 Å². The van der Waals surface area contributed by atoms with E-state index in [0.717, 1.165) is 35.0 Å². The van der Waals surface area contributed by atoms with Gasteiger partial charge in [-0.25, -0.2) is 0 Å². The Labute approximate surface area is 114 Å². The minimum absolute atomic E-state index is 0.170. The zero-order valence-electron chi connectivity index (χ0n) is 11.1. The maximum absolute atomic E-state index is 10.5. The van der Waals surface area contributed by atoms with Crippen LogP contribution in [0.5, 0.6) is 0 Å². The zero-order valence-corrected chi connectivity index (χ0v) is 11.9. The van der Waals surface area contributed by atoms with Crippen molar-refractivity contribution in [2.24, 2.45) is 5.92 Å². The molecule has 1 aromatic rings. The Morgan fingerprint density at radius 2 is 2.28 bits per heavy atom. The first kappa shape index (κ1) is 13.9. The second kappa shape index (κ2) is 6.05. The average Bonchev–Trinajstić information content (AvgIpc) is 2.38. The third kappa shape index (κ3) is 3.05. The Kier molecular flexibility index (Phi) is 4.66. The molecule has 0 aromatic heterocycles. The van der Waals surface area contributed by atoms with Crippen LogP contribution in [0.15, 0.2) is 18.2 Å². The summed E-state index contributed by atoms with van der Waals surface area (Å²) < 4.78 is 0. The molecule has 0 saturated carbocycles. The highest BCUT2D eigenvalue weighted by atomic mass is 35.5. The number of rotatable bonds is 3. The Balaban J connectivity index is 2.12. The van der Waals surface area contributed by atoms with Crippen LogP contribution in [0.25, 0.3) is 0 Å². The Hall–Kier alpha value is -0.570. The summed E-state index contributed by atoms with van der Waals surface area (Å²) in [5.41, 5.74) is 2.06. The van der Waals surface area contributed by atoms with Crippen LogP contribution in [0, 0.1) is 12.8 Å². The first-order valence-corrected chi connectivity index (χ1v) is 7.17. The van der Waals surface area contributed by atoms with Crippen LogP contribution in [0.1, 0.15) is 43.4 Å². The second-order valence-electron chi connectivity index (χ2n) is 5.31. The standard InChI is InChI=1S/C15H22ClNO/c1-3-11-6-7-17-14(9-11)15(18)13-5-4-12(16)8-10(13)2/h4-5,8,11,14-15,17-18H,3,6-7,9H2,1-2H3. The number of halogens is 1. The molecule has 1 fully saturated rings. The maximum Gasteiger partial charge on any atom is 0.0945 e. The second-order valence-corrected chi connectivity index (χ2v) is 5.74. The van der Waals surface area contributed by atoms with Crippen molar-refractivity contribution in [3.8, 4) is 0 Å². The molecule has 3 atom stereocenters. The number of hydrogen-bond acceptors (Lipinski definition) is 2. The molecule has 18 heavy (non-hydrogen) atoms. The summed E-state index contributed by atoms with van der Waals surface area (Å²) in [6.07, 6.45) is 3.04. The van der Waals surface area contributed by atoms with Gasteiger partial charge in [-0.15, -0.1) is 0 Å². The summed E-state index contributed by atoms with van der Waals surface area (Å²) in [6.45, 7) is 5.24. The lowest BCUT2D eigenvalue weighted by Crippen LogP contribution is -2.42. The van der Waals surface area contributed by atoms with Crippen LogP contribution in [0.4, 0.5) is 0 Å². The fraction of sp³-hybridized carbons (Fsp3) is 0.600. The van der Waals surface area contributed by atoms with Gasteiger partial charge in [0, 0.05) is 11.1 Å². The van der Waals surface area contributed by atoms with Gasteiger partial charge in [-0.2, -0.15) is 0 Å². The summed E-state index contributed by atoms with van der Waals surface area (Å²) >= 11 is 5.96. The van der Waals surface area contributed by atoms with Crippen LogP contribution in [-0.2, 0) is 0 Å². The maximum atomic E-state index is 10.5. The Morgan fingerprint density at radius 1 is 1.50 bits per heavy atom. The number of hydrogen-bond donors (Lipinski definition) is 2. The van der Waals surface area contributed by atoms with Gasteiger partial charge in [0.1, 0.15) is 0 Å². The smallest absolute Gasteiger partial charge is 0.0945 e. The molecule has 0 amide bonds. The van der Waals surface area contributed by atoms with Gasteiger partial charge in [-0.1, -0.05) is 31.0 Å². The van der Waals surface area contributed by atoms with Crippen LogP contribution < -0.4 is 5.32 Å². The van der Waals surface area contributed by atoms with Gasteiger partial charge in [0.15, 0.2) is 0 Å². The molecule has 0 spiro atoms. The lowest BCUT2D eigenvalue weighted by molar-refractivity contribution is 0.0974. The first-order chi connectivity index (χ1) is 8.61. The highest BCUT2D eigenvalue weighted by Gasteiger charge is 2.27. The molecule has 1 aliphatic heterocycles. The molecule has 2 N–H and O–H groups in total. The van der Waals surface area contributed by atoms with Gasteiger partial charge < -0.3 is 10.4 Å². The molecule has 1 saturated heterocycles. The number of aryl methyl sites for hydroxylation is 1. The van der Waals surface area contributed by atoms with E-state index in [2.05, 4.69) is 12.2 Å². The molecule has 3 heteroatoms. The predicted octanol–water partition coefficient (Wildman–Crippen LogP) is 3.46. The third-order valence-corrected chi connectivity index (χ3v) is 4.29. The van der Waals surface area contributed by atoms with E-state index in [1.54, 1.807) is 0 Å². The normalized spacial score (nSPS) is 26.0. The summed E-state index contributed by atoms with van der Waals surface area (Å²) in [7, 11) is 0. The molecule has 2 nitrogen and oxygen atoms in total. The van der Waals surface area contributed by atoms with E-state index < -0.39 is 6.10 Å². The van der Waals surface area contributed by atoms with Crippen LogP contribution in [0.2, 0.25) is 5.02 Å². The number of benzene rings is 1. The van der Waals surface area contributed by atoms with Gasteiger partial charge in [0.25, 0.3) is 0 Å². The summed E-state index contributed by atoms with van der Waals surface area (Å²) in [4.78, 5) is 0. The monoisotopic (exact) mass is 267 g/mol. The molecule has 0 radical (unpaired) electrons. The van der Waals surface area contributed by atoms with Gasteiger partial charge in [0.05, 0.1) is 6.10 Å². The molecule has 100 valence electrons. The van der Waals surface area contributed by atoms with Gasteiger partial charge in [0.2, 0.25) is 0 Å². The van der Waals surface area contributed by atoms with E-state index in [1.807, 2.05) is 25.1 Å². The Morgan fingerprint density at radius 3 is 2.94 bits per heavy atom. The summed E-state index contributed by atoms with van der Waals surface area (Å²) in [5, 5.41) is 14.7. The minimum Gasteiger partial charge on any atom is -0.387 e. The molecule has 1 heterocycles. The molecular formula is C15H22ClNO. The van der Waals surface area contributed by atoms with Gasteiger partial charge in [-0.3, -0.25) is 0 Å². The number of piperidine rings is 1. The molecule has 1 aliphatic rings. The predicted molar refractivity (Wildman–Crippen MR) is 76.0 cm³/mol. The quantitative estimate of drug-likeness (QED) is 0.879. The van der Waals surface area contributed by atoms with E-state index in [1.165, 1.54) is 12.8 Å². The third-order valence-electron chi connectivity index (χ3n) is 4.06. The van der Waals surface area contributed by atoms with E-state index >= 15 is 0 Å². The lowest BCUT2D eigenvalue weighted by atomic mass is 9.85. The number of aliphatic hydroxyl groups is 1. The van der Waals surface area contributed by atoms with Crippen molar-refractivity contribution in [2.75, 3.05) is 6.54 Å². The molecule has 3 unspecified atom stereocenters. The Bertz CT molecular complexity index is 407. The van der Waals surface area contributed by atoms with Crippen LogP contribution in [-0.4, -0.2) is 17.7 Å². The largest absolute Gasteiger partial charge is 0.387 e. The van der Waals surface area contributed by atoms with Crippen molar-refractivity contribution in [3.05, 3.63) is 34.3 Å². The van der Waals surface area contributed by atoms with Gasteiger partial charge in [-0.05, 0) is 55.5 Å². The van der Waals surface area contributed by atoms with Crippen molar-refractivity contribution in [2.45, 2.75) is 45.3 Å². The van der Waals surface area contributed by atoms with E-state index in [-0.39, 0.29) is 6.04 Å². The first-order valence-electron chi connectivity index (χ1n) is 6.79. The molecule has 1 aromatic carbocycles. The highest BCUT2D eigenvalue weighted by molar-refractivity contribution is 6.30. The van der Waals surface area contributed by atoms with Gasteiger partial charge >= 0.3 is 0 Å². The number of nitrogens with one attached hydrogen (secondary N) is 1. The minimum atomic E-state index is -0.434. The van der Waals surface area contributed by atoms with Crippen molar-refractivity contribution in [1.29, 1.82) is 0 Å². The van der Waals surface area contributed by atoms with Crippen molar-refractivity contribution in [1.82, 2.24) is 5.32 Å². The molecular weight excluding hydrogens is 246 g/mol. The van der Waals surface area contributed by atoms with Crippen LogP contribution in [0.3, 0.4) is 0 Å². The molecule has 0 bridgehead atoms. The van der Waals surface area contributed by atoms with Crippen molar-refractivity contribution in [3.63, 3.8) is 0 Å². The lowest BCUT2D eigenvalue weighted by Gasteiger charge is -2.33. The highest BCUT2D eigenvalue weighted by Crippen LogP contribution is 2.30. The zero-order chi connectivity index (χ0) is 13.1. The summed E-state index contributed by atoms with van der Waals surface area (Å²) in [6, 6.07) is 5.89. The van der Waals surface area contributed by atoms with E-state index in [4.69, 9.17) is 11.6 Å². The van der Waals surface area contributed by atoms with Crippen molar-refractivity contribution < 1.29 is 5.11 Å². The van der Waals surface area contributed by atoms with Crippen LogP contribution >= 0.6 is 11.6 Å². The fourth-order valence-electron chi connectivity index (χ4n) is 2.83. The fourth-order valence-corrected chi connectivity index (χ4v) is 3.06. The molecule has 0 aliphatic carbocycles. The van der Waals surface area contributed by atoms with E-state index in [9.17, 15) is 5.11 Å². The van der Waals surface area contributed by atoms with E-state index in [0.29, 0.717) is 0 Å².